The van der Waals surface area contributed by atoms with Crippen molar-refractivity contribution in [3.63, 3.8) is 0 Å². The number of carbonyl (C=O) groups excluding carboxylic acids is 1. The third-order valence-electron chi connectivity index (χ3n) is 5.48. The van der Waals surface area contributed by atoms with Crippen LogP contribution in [0.15, 0.2) is 41.0 Å². The first kappa shape index (κ1) is 19.9. The summed E-state index contributed by atoms with van der Waals surface area (Å²) in [4.78, 5) is 13.0. The molecule has 3 aromatic rings. The second-order valence-electron chi connectivity index (χ2n) is 7.29. The highest BCUT2D eigenvalue weighted by Crippen LogP contribution is 2.33. The van der Waals surface area contributed by atoms with Gasteiger partial charge in [-0.1, -0.05) is 18.2 Å². The lowest BCUT2D eigenvalue weighted by Gasteiger charge is -2.13. The number of anilines is 1. The van der Waals surface area contributed by atoms with Crippen LogP contribution in [0.2, 0.25) is 0 Å². The Bertz CT molecular complexity index is 1270. The zero-order chi connectivity index (χ0) is 21.7. The average molecular weight is 411 g/mol. The Morgan fingerprint density at radius 2 is 1.73 bits per heavy atom. The number of hydrogen-bond acceptors (Lipinski definition) is 2. The van der Waals surface area contributed by atoms with Crippen LogP contribution in [0, 0.1) is 31.3 Å². The van der Waals surface area contributed by atoms with E-state index in [-0.39, 0.29) is 5.57 Å². The molecule has 1 aliphatic rings. The van der Waals surface area contributed by atoms with Gasteiger partial charge < -0.3 is 4.57 Å². The Morgan fingerprint density at radius 3 is 2.43 bits per heavy atom. The minimum atomic E-state index is -1.32. The van der Waals surface area contributed by atoms with Crippen LogP contribution in [0.1, 0.15) is 30.7 Å². The minimum Gasteiger partial charge on any atom is -0.344 e. The Labute approximate surface area is 171 Å². The number of para-hydroxylation sites is 1. The van der Waals surface area contributed by atoms with E-state index in [4.69, 9.17) is 0 Å². The number of carbonyl (C=O) groups is 1. The fourth-order valence-electron chi connectivity index (χ4n) is 3.99. The molecule has 4 rings (SSSR count). The number of rotatable bonds is 3. The van der Waals surface area contributed by atoms with Crippen molar-refractivity contribution in [1.82, 2.24) is 4.57 Å². The molecule has 4 nitrogen and oxygen atoms in total. The molecule has 0 bridgehead atoms. The summed E-state index contributed by atoms with van der Waals surface area (Å²) in [6.07, 6.45) is 1.74. The number of aryl methyl sites for hydroxylation is 2. The molecule has 0 unspecified atom stereocenters. The van der Waals surface area contributed by atoms with Gasteiger partial charge in [0.2, 0.25) is 0 Å². The van der Waals surface area contributed by atoms with Gasteiger partial charge in [0.1, 0.15) is 5.69 Å². The van der Waals surface area contributed by atoms with Crippen LogP contribution in [0.3, 0.4) is 0 Å². The third kappa shape index (κ3) is 2.93. The number of hydrogen-bond donors (Lipinski definition) is 0. The summed E-state index contributed by atoms with van der Waals surface area (Å²) in [5.41, 5.74) is 4.30. The van der Waals surface area contributed by atoms with Gasteiger partial charge in [-0.2, -0.15) is 10.1 Å². The minimum absolute atomic E-state index is 0.277. The summed E-state index contributed by atoms with van der Waals surface area (Å²) in [5.74, 6) is -4.23. The lowest BCUT2D eigenvalue weighted by atomic mass is 10.0. The Balaban J connectivity index is 1.85. The van der Waals surface area contributed by atoms with Crippen LogP contribution < -0.4 is 5.01 Å². The maximum Gasteiger partial charge on any atom is 0.280 e. The van der Waals surface area contributed by atoms with E-state index < -0.39 is 29.0 Å². The van der Waals surface area contributed by atoms with Crippen molar-refractivity contribution in [3.8, 4) is 0 Å². The predicted octanol–water partition coefficient (Wildman–Crippen LogP) is 5.50. The normalized spacial score (nSPS) is 15.6. The second kappa shape index (κ2) is 7.16. The van der Waals surface area contributed by atoms with E-state index >= 15 is 0 Å². The maximum absolute atomic E-state index is 14.2. The molecule has 0 fully saturated rings. The molecule has 2 aromatic carbocycles. The number of benzene rings is 2. The number of hydrazone groups is 1. The second-order valence-corrected chi connectivity index (χ2v) is 7.29. The number of aromatic nitrogens is 1. The summed E-state index contributed by atoms with van der Waals surface area (Å²) in [6.45, 7) is 8.46. The molecular weight excluding hydrogens is 391 g/mol. The van der Waals surface area contributed by atoms with Gasteiger partial charge in [-0.25, -0.2) is 13.2 Å². The van der Waals surface area contributed by atoms with Gasteiger partial charge in [0, 0.05) is 35.3 Å². The Morgan fingerprint density at radius 1 is 1.03 bits per heavy atom. The zero-order valence-corrected chi connectivity index (χ0v) is 17.1. The van der Waals surface area contributed by atoms with Crippen molar-refractivity contribution in [2.75, 3.05) is 5.01 Å². The van der Waals surface area contributed by atoms with Crippen LogP contribution in [0.5, 0.6) is 0 Å². The quantitative estimate of drug-likeness (QED) is 0.414. The van der Waals surface area contributed by atoms with E-state index in [2.05, 4.69) is 16.6 Å². The molecule has 1 aromatic heterocycles. The van der Waals surface area contributed by atoms with E-state index in [0.717, 1.165) is 39.3 Å². The van der Waals surface area contributed by atoms with Crippen LogP contribution in [-0.2, 0) is 11.3 Å². The largest absolute Gasteiger partial charge is 0.344 e. The van der Waals surface area contributed by atoms with Crippen molar-refractivity contribution in [2.45, 2.75) is 34.2 Å². The highest BCUT2D eigenvalue weighted by Gasteiger charge is 2.32. The topological polar surface area (TPSA) is 37.6 Å². The summed E-state index contributed by atoms with van der Waals surface area (Å²) >= 11 is 0. The van der Waals surface area contributed by atoms with Crippen LogP contribution in [0.4, 0.5) is 18.9 Å². The number of nitrogens with zero attached hydrogens (tertiary/aromatic N) is 3. The first-order chi connectivity index (χ1) is 14.2. The molecule has 0 N–H and O–H groups in total. The lowest BCUT2D eigenvalue weighted by Crippen LogP contribution is -2.22. The van der Waals surface area contributed by atoms with E-state index in [9.17, 15) is 18.0 Å². The van der Waals surface area contributed by atoms with Crippen molar-refractivity contribution < 1.29 is 18.0 Å². The molecule has 0 saturated carbocycles. The molecule has 2 heterocycles. The van der Waals surface area contributed by atoms with Crippen molar-refractivity contribution >= 4 is 34.3 Å². The molecule has 1 aliphatic heterocycles. The standard InChI is InChI=1S/C23H20F3N3O/c1-5-28-14(4)17(15-8-6-7-12(2)22(15)28)9-16-13(3)27-29(23(16)30)21-11-19(25)18(24)10-20(21)26/h6-11H,5H2,1-4H3/b16-9+. The van der Waals surface area contributed by atoms with Crippen LogP contribution in [-0.4, -0.2) is 16.2 Å². The molecule has 154 valence electrons. The molecular formula is C23H20F3N3O. The van der Waals surface area contributed by atoms with Gasteiger partial charge >= 0.3 is 0 Å². The van der Waals surface area contributed by atoms with E-state index in [1.54, 1.807) is 13.0 Å². The van der Waals surface area contributed by atoms with Crippen molar-refractivity contribution in [2.24, 2.45) is 5.10 Å². The highest BCUT2D eigenvalue weighted by molar-refractivity contribution is 6.32. The molecule has 1 amide bonds. The Kier molecular flexibility index (Phi) is 4.76. The summed E-state index contributed by atoms with van der Waals surface area (Å²) < 4.78 is 43.3. The SMILES string of the molecule is CCn1c(C)c(/C=C2/C(=O)N(c3cc(F)c(F)cc3F)N=C2C)c2cccc(C)c21. The van der Waals surface area contributed by atoms with Gasteiger partial charge in [-0.05, 0) is 39.3 Å². The maximum atomic E-state index is 14.2. The molecule has 0 aliphatic carbocycles. The van der Waals surface area contributed by atoms with Crippen molar-refractivity contribution in [3.05, 3.63) is 70.2 Å². The Hall–Kier alpha value is -3.35. The van der Waals surface area contributed by atoms with Crippen LogP contribution in [0.25, 0.3) is 17.0 Å². The van der Waals surface area contributed by atoms with Crippen LogP contribution >= 0.6 is 0 Å². The fraction of sp³-hybridized carbons (Fsp3) is 0.217. The smallest absolute Gasteiger partial charge is 0.280 e. The summed E-state index contributed by atoms with van der Waals surface area (Å²) in [5, 5.41) is 5.88. The molecule has 0 spiro atoms. The van der Waals surface area contributed by atoms with Crippen molar-refractivity contribution in [1.29, 1.82) is 0 Å². The molecule has 30 heavy (non-hydrogen) atoms. The molecule has 0 saturated heterocycles. The average Bonchev–Trinajstić information content (AvgIpc) is 3.14. The molecule has 0 atom stereocenters. The van der Waals surface area contributed by atoms with Gasteiger partial charge in [-0.3, -0.25) is 4.79 Å². The van der Waals surface area contributed by atoms with Gasteiger partial charge in [0.05, 0.1) is 16.8 Å². The monoisotopic (exact) mass is 411 g/mol. The van der Waals surface area contributed by atoms with E-state index in [0.29, 0.717) is 17.8 Å². The fourth-order valence-corrected chi connectivity index (χ4v) is 3.99. The van der Waals surface area contributed by atoms with Gasteiger partial charge in [0.15, 0.2) is 17.5 Å². The lowest BCUT2D eigenvalue weighted by molar-refractivity contribution is -0.114. The van der Waals surface area contributed by atoms with E-state index in [1.165, 1.54) is 0 Å². The highest BCUT2D eigenvalue weighted by atomic mass is 19.2. The number of fused-ring (bicyclic) bond motifs is 1. The first-order valence-electron chi connectivity index (χ1n) is 9.59. The predicted molar refractivity (Wildman–Crippen MR) is 112 cm³/mol. The molecule has 0 radical (unpaired) electrons. The number of halogens is 3. The summed E-state index contributed by atoms with van der Waals surface area (Å²) in [6, 6.07) is 7.03. The zero-order valence-electron chi connectivity index (χ0n) is 17.1. The third-order valence-corrected chi connectivity index (χ3v) is 5.48. The summed E-state index contributed by atoms with van der Waals surface area (Å²) in [7, 11) is 0. The first-order valence-corrected chi connectivity index (χ1v) is 9.59. The van der Waals surface area contributed by atoms with E-state index in [1.807, 2.05) is 32.0 Å². The van der Waals surface area contributed by atoms with Gasteiger partial charge in [0.25, 0.3) is 5.91 Å². The molecule has 7 heteroatoms. The van der Waals surface area contributed by atoms with Gasteiger partial charge in [-0.15, -0.1) is 0 Å². The number of amides is 1.